The Kier molecular flexibility index (Phi) is 6.92. The molecular weight excluding hydrogens is 394 g/mol. The third kappa shape index (κ3) is 5.85. The van der Waals surface area contributed by atoms with Crippen molar-refractivity contribution in [3.8, 4) is 17.2 Å². The standard InChI is InChI=1S/C23H27N5O3/c1-16(2)31-20-11-9-17(13-21(20)30-5)10-12-22(29)25-18-7-6-8-19(14-18)28-15-24-23(26-28)27(3)4/h6-16H,1-5H3,(H,25,29)/b12-10+. The summed E-state index contributed by atoms with van der Waals surface area (Å²) in [5.74, 6) is 1.65. The summed E-state index contributed by atoms with van der Waals surface area (Å²) in [6, 6.07) is 12.9. The molecule has 0 aliphatic heterocycles. The maximum Gasteiger partial charge on any atom is 0.248 e. The van der Waals surface area contributed by atoms with Crippen molar-refractivity contribution in [2.24, 2.45) is 0 Å². The summed E-state index contributed by atoms with van der Waals surface area (Å²) in [6.45, 7) is 3.91. The smallest absolute Gasteiger partial charge is 0.248 e. The number of hydrogen-bond acceptors (Lipinski definition) is 6. The van der Waals surface area contributed by atoms with E-state index in [1.165, 1.54) is 6.08 Å². The molecular formula is C23H27N5O3. The van der Waals surface area contributed by atoms with Gasteiger partial charge in [-0.25, -0.2) is 4.68 Å². The Bertz CT molecular complexity index is 1070. The molecule has 0 unspecified atom stereocenters. The first-order valence-electron chi connectivity index (χ1n) is 9.89. The van der Waals surface area contributed by atoms with Gasteiger partial charge in [-0.1, -0.05) is 12.1 Å². The highest BCUT2D eigenvalue weighted by Crippen LogP contribution is 2.29. The van der Waals surface area contributed by atoms with Crippen LogP contribution in [0.4, 0.5) is 11.6 Å². The van der Waals surface area contributed by atoms with Gasteiger partial charge in [0.2, 0.25) is 11.9 Å². The van der Waals surface area contributed by atoms with Crippen molar-refractivity contribution in [2.75, 3.05) is 31.4 Å². The topological polar surface area (TPSA) is 81.5 Å². The van der Waals surface area contributed by atoms with E-state index in [0.717, 1.165) is 11.3 Å². The number of rotatable bonds is 8. The minimum Gasteiger partial charge on any atom is -0.493 e. The summed E-state index contributed by atoms with van der Waals surface area (Å²) in [4.78, 5) is 18.5. The van der Waals surface area contributed by atoms with Gasteiger partial charge in [-0.05, 0) is 55.8 Å². The molecule has 0 radical (unpaired) electrons. The van der Waals surface area contributed by atoms with Crippen LogP contribution in [-0.2, 0) is 4.79 Å². The quantitative estimate of drug-likeness (QED) is 0.558. The largest absolute Gasteiger partial charge is 0.493 e. The number of nitrogens with one attached hydrogen (secondary N) is 1. The van der Waals surface area contributed by atoms with Gasteiger partial charge >= 0.3 is 0 Å². The summed E-state index contributed by atoms with van der Waals surface area (Å²) >= 11 is 0. The second-order valence-electron chi connectivity index (χ2n) is 7.33. The van der Waals surface area contributed by atoms with Crippen LogP contribution in [0.1, 0.15) is 19.4 Å². The first-order valence-corrected chi connectivity index (χ1v) is 9.89. The number of benzene rings is 2. The lowest BCUT2D eigenvalue weighted by molar-refractivity contribution is -0.111. The average molecular weight is 422 g/mol. The number of ether oxygens (including phenoxy) is 2. The lowest BCUT2D eigenvalue weighted by atomic mass is 10.2. The Morgan fingerprint density at radius 1 is 1.16 bits per heavy atom. The Balaban J connectivity index is 1.68. The van der Waals surface area contributed by atoms with E-state index in [9.17, 15) is 4.79 Å². The van der Waals surface area contributed by atoms with Gasteiger partial charge in [-0.15, -0.1) is 5.10 Å². The molecule has 3 rings (SSSR count). The highest BCUT2D eigenvalue weighted by Gasteiger charge is 2.08. The highest BCUT2D eigenvalue weighted by atomic mass is 16.5. The van der Waals surface area contributed by atoms with Crippen LogP contribution in [0.15, 0.2) is 54.9 Å². The van der Waals surface area contributed by atoms with Gasteiger partial charge < -0.3 is 19.7 Å². The fourth-order valence-corrected chi connectivity index (χ4v) is 2.80. The van der Waals surface area contributed by atoms with Gasteiger partial charge in [-0.3, -0.25) is 4.79 Å². The molecule has 1 heterocycles. The number of hydrogen-bond donors (Lipinski definition) is 1. The summed E-state index contributed by atoms with van der Waals surface area (Å²) in [6.07, 6.45) is 4.88. The number of nitrogens with zero attached hydrogens (tertiary/aromatic N) is 4. The molecule has 0 fully saturated rings. The van der Waals surface area contributed by atoms with E-state index in [0.29, 0.717) is 23.1 Å². The molecule has 0 saturated heterocycles. The average Bonchev–Trinajstić information content (AvgIpc) is 3.23. The Hall–Kier alpha value is -3.81. The summed E-state index contributed by atoms with van der Waals surface area (Å²) in [5, 5.41) is 7.26. The summed E-state index contributed by atoms with van der Waals surface area (Å²) in [5.41, 5.74) is 2.29. The van der Waals surface area contributed by atoms with Gasteiger partial charge in [0.05, 0.1) is 18.9 Å². The first-order chi connectivity index (χ1) is 14.9. The van der Waals surface area contributed by atoms with Crippen LogP contribution in [-0.4, -0.2) is 48.0 Å². The molecule has 1 aromatic heterocycles. The lowest BCUT2D eigenvalue weighted by Crippen LogP contribution is -2.11. The molecule has 0 aliphatic rings. The Morgan fingerprint density at radius 3 is 2.65 bits per heavy atom. The molecule has 31 heavy (non-hydrogen) atoms. The maximum atomic E-state index is 12.4. The Morgan fingerprint density at radius 2 is 1.97 bits per heavy atom. The third-order valence-corrected chi connectivity index (χ3v) is 4.24. The zero-order valence-corrected chi connectivity index (χ0v) is 18.4. The number of carbonyl (C=O) groups is 1. The van der Waals surface area contributed by atoms with Gasteiger partial charge in [-0.2, -0.15) is 4.98 Å². The van der Waals surface area contributed by atoms with Crippen LogP contribution in [0.2, 0.25) is 0 Å². The van der Waals surface area contributed by atoms with E-state index in [1.54, 1.807) is 24.2 Å². The minimum atomic E-state index is -0.244. The van der Waals surface area contributed by atoms with Crippen LogP contribution in [0.5, 0.6) is 11.5 Å². The van der Waals surface area contributed by atoms with Crippen molar-refractivity contribution < 1.29 is 14.3 Å². The minimum absolute atomic E-state index is 0.0452. The van der Waals surface area contributed by atoms with Crippen LogP contribution in [0, 0.1) is 0 Å². The number of amides is 1. The number of carbonyl (C=O) groups excluding carboxylic acids is 1. The molecule has 2 aromatic carbocycles. The second kappa shape index (κ2) is 9.80. The van der Waals surface area contributed by atoms with E-state index >= 15 is 0 Å². The van der Waals surface area contributed by atoms with Gasteiger partial charge in [0.15, 0.2) is 11.5 Å². The second-order valence-corrected chi connectivity index (χ2v) is 7.33. The van der Waals surface area contributed by atoms with Gasteiger partial charge in [0.25, 0.3) is 0 Å². The van der Waals surface area contributed by atoms with Crippen LogP contribution in [0.25, 0.3) is 11.8 Å². The zero-order chi connectivity index (χ0) is 22.4. The highest BCUT2D eigenvalue weighted by molar-refractivity contribution is 6.02. The predicted octanol–water partition coefficient (Wildman–Crippen LogP) is 3.78. The lowest BCUT2D eigenvalue weighted by Gasteiger charge is -2.13. The van der Waals surface area contributed by atoms with Crippen LogP contribution < -0.4 is 19.7 Å². The van der Waals surface area contributed by atoms with Crippen molar-refractivity contribution in [3.63, 3.8) is 0 Å². The molecule has 1 amide bonds. The van der Waals surface area contributed by atoms with E-state index < -0.39 is 0 Å². The molecule has 0 spiro atoms. The van der Waals surface area contributed by atoms with E-state index in [2.05, 4.69) is 15.4 Å². The van der Waals surface area contributed by atoms with Crippen LogP contribution >= 0.6 is 0 Å². The molecule has 0 atom stereocenters. The monoisotopic (exact) mass is 421 g/mol. The first kappa shape index (κ1) is 21.9. The summed E-state index contributed by atoms with van der Waals surface area (Å²) < 4.78 is 12.8. The maximum absolute atomic E-state index is 12.4. The Labute approximate surface area is 182 Å². The van der Waals surface area contributed by atoms with Gasteiger partial charge in [0.1, 0.15) is 6.33 Å². The number of anilines is 2. The van der Waals surface area contributed by atoms with Crippen molar-refractivity contribution in [1.29, 1.82) is 0 Å². The molecule has 162 valence electrons. The zero-order valence-electron chi connectivity index (χ0n) is 18.4. The van der Waals surface area contributed by atoms with E-state index in [1.807, 2.05) is 75.3 Å². The van der Waals surface area contributed by atoms with Crippen molar-refractivity contribution >= 4 is 23.6 Å². The third-order valence-electron chi connectivity index (χ3n) is 4.24. The summed E-state index contributed by atoms with van der Waals surface area (Å²) in [7, 11) is 5.35. The fourth-order valence-electron chi connectivity index (χ4n) is 2.80. The fraction of sp³-hybridized carbons (Fsp3) is 0.261. The van der Waals surface area contributed by atoms with Crippen molar-refractivity contribution in [2.45, 2.75) is 20.0 Å². The molecule has 1 N–H and O–H groups in total. The number of methoxy groups -OCH3 is 1. The molecule has 0 saturated carbocycles. The molecule has 8 nitrogen and oxygen atoms in total. The molecule has 8 heteroatoms. The van der Waals surface area contributed by atoms with E-state index in [4.69, 9.17) is 9.47 Å². The SMILES string of the molecule is COc1cc(/C=C/C(=O)Nc2cccc(-n3cnc(N(C)C)n3)c2)ccc1OC(C)C. The van der Waals surface area contributed by atoms with E-state index in [-0.39, 0.29) is 12.0 Å². The van der Waals surface area contributed by atoms with Crippen molar-refractivity contribution in [1.82, 2.24) is 14.8 Å². The number of aromatic nitrogens is 3. The molecule has 3 aromatic rings. The van der Waals surface area contributed by atoms with Gasteiger partial charge in [0, 0.05) is 25.9 Å². The van der Waals surface area contributed by atoms with Crippen molar-refractivity contribution in [3.05, 3.63) is 60.4 Å². The molecule has 0 aliphatic carbocycles. The van der Waals surface area contributed by atoms with Crippen LogP contribution in [0.3, 0.4) is 0 Å². The predicted molar refractivity (Wildman–Crippen MR) is 122 cm³/mol. The normalized spacial score (nSPS) is 11.0. The molecule has 0 bridgehead atoms.